The Morgan fingerprint density at radius 2 is 1.94 bits per heavy atom. The molecule has 5 heteroatoms. The van der Waals surface area contributed by atoms with Crippen LogP contribution in [0.4, 0.5) is 5.00 Å². The number of nitrogens with zero attached hydrogens (tertiary/aromatic N) is 1. The van der Waals surface area contributed by atoms with Gasteiger partial charge in [-0.1, -0.05) is 12.1 Å². The normalized spacial score (nSPS) is 10.3. The Morgan fingerprint density at radius 3 is 2.44 bits per heavy atom. The number of hydrogen-bond donors (Lipinski definition) is 1. The summed E-state index contributed by atoms with van der Waals surface area (Å²) in [4.78, 5) is 12.9. The van der Waals surface area contributed by atoms with Crippen molar-refractivity contribution in [3.05, 3.63) is 51.3 Å². The van der Waals surface area contributed by atoms with Gasteiger partial charge in [0.15, 0.2) is 0 Å². The first-order valence-corrected chi connectivity index (χ1v) is 6.96. The van der Waals surface area contributed by atoms with E-state index in [-0.39, 0.29) is 0 Å². The second kappa shape index (κ2) is 5.54. The van der Waals surface area contributed by atoms with E-state index in [4.69, 9.17) is 5.11 Å². The van der Waals surface area contributed by atoms with Gasteiger partial charge in [0.2, 0.25) is 0 Å². The van der Waals surface area contributed by atoms with E-state index in [1.165, 1.54) is 5.00 Å². The molecule has 0 unspecified atom stereocenters. The van der Waals surface area contributed by atoms with Gasteiger partial charge in [-0.3, -0.25) is 0 Å². The summed E-state index contributed by atoms with van der Waals surface area (Å²) in [6.07, 6.45) is 0. The first-order valence-electron chi connectivity index (χ1n) is 5.35. The van der Waals surface area contributed by atoms with Crippen LogP contribution in [0.1, 0.15) is 15.9 Å². The largest absolute Gasteiger partial charge is 0.478 e. The zero-order chi connectivity index (χ0) is 13.1. The smallest absolute Gasteiger partial charge is 0.335 e. The van der Waals surface area contributed by atoms with Crippen LogP contribution in [-0.4, -0.2) is 18.1 Å². The predicted octanol–water partition coefficient (Wildman–Crippen LogP) is 3.85. The van der Waals surface area contributed by atoms with E-state index in [1.54, 1.807) is 23.5 Å². The van der Waals surface area contributed by atoms with Crippen molar-refractivity contribution in [2.45, 2.75) is 6.54 Å². The lowest BCUT2D eigenvalue weighted by molar-refractivity contribution is 0.0697. The molecule has 18 heavy (non-hydrogen) atoms. The Morgan fingerprint density at radius 1 is 1.28 bits per heavy atom. The summed E-state index contributed by atoms with van der Waals surface area (Å²) in [7, 11) is 2.02. The molecular weight excluding hydrogens is 314 g/mol. The fraction of sp³-hybridized carbons (Fsp3) is 0.154. The van der Waals surface area contributed by atoms with Crippen molar-refractivity contribution >= 4 is 38.2 Å². The third kappa shape index (κ3) is 3.11. The molecule has 2 rings (SSSR count). The first kappa shape index (κ1) is 13.1. The van der Waals surface area contributed by atoms with Crippen LogP contribution < -0.4 is 4.90 Å². The molecule has 1 N–H and O–H groups in total. The zero-order valence-corrected chi connectivity index (χ0v) is 12.2. The number of carboxylic acid groups (broad SMARTS) is 1. The Kier molecular flexibility index (Phi) is 4.04. The van der Waals surface area contributed by atoms with Crippen LogP contribution in [-0.2, 0) is 6.54 Å². The van der Waals surface area contributed by atoms with Crippen LogP contribution in [0.15, 0.2) is 40.2 Å². The lowest BCUT2D eigenvalue weighted by Crippen LogP contribution is -2.14. The highest BCUT2D eigenvalue weighted by Crippen LogP contribution is 2.29. The Hall–Kier alpha value is -1.33. The highest BCUT2D eigenvalue weighted by molar-refractivity contribution is 9.11. The minimum absolute atomic E-state index is 0.320. The molecule has 0 saturated heterocycles. The average molecular weight is 326 g/mol. The van der Waals surface area contributed by atoms with Crippen molar-refractivity contribution < 1.29 is 9.90 Å². The van der Waals surface area contributed by atoms with Crippen LogP contribution in [0, 0.1) is 0 Å². The molecule has 3 nitrogen and oxygen atoms in total. The van der Waals surface area contributed by atoms with Gasteiger partial charge in [0.05, 0.1) is 14.4 Å². The topological polar surface area (TPSA) is 40.5 Å². The number of anilines is 1. The fourth-order valence-electron chi connectivity index (χ4n) is 1.61. The van der Waals surface area contributed by atoms with Crippen molar-refractivity contribution in [1.82, 2.24) is 0 Å². The molecular formula is C13H12BrNO2S. The zero-order valence-electron chi connectivity index (χ0n) is 9.76. The maximum atomic E-state index is 10.7. The highest BCUT2D eigenvalue weighted by atomic mass is 79.9. The maximum Gasteiger partial charge on any atom is 0.335 e. The molecule has 1 aromatic heterocycles. The van der Waals surface area contributed by atoms with Gasteiger partial charge in [-0.2, -0.15) is 0 Å². The molecule has 0 aliphatic rings. The summed E-state index contributed by atoms with van der Waals surface area (Å²) in [6.45, 7) is 0.757. The second-order valence-corrected chi connectivity index (χ2v) is 6.38. The van der Waals surface area contributed by atoms with E-state index in [0.29, 0.717) is 5.56 Å². The summed E-state index contributed by atoms with van der Waals surface area (Å²) < 4.78 is 1.10. The SMILES string of the molecule is CN(Cc1ccc(C(=O)O)cc1)c1ccc(Br)s1. The number of thiophene rings is 1. The number of rotatable bonds is 4. The molecule has 0 amide bonds. The highest BCUT2D eigenvalue weighted by Gasteiger charge is 2.06. The van der Waals surface area contributed by atoms with Gasteiger partial charge in [0.1, 0.15) is 0 Å². The summed E-state index contributed by atoms with van der Waals surface area (Å²) in [5.74, 6) is -0.892. The number of carbonyl (C=O) groups is 1. The number of carboxylic acids is 1. The molecule has 0 bridgehead atoms. The minimum Gasteiger partial charge on any atom is -0.478 e. The van der Waals surface area contributed by atoms with Crippen molar-refractivity contribution in [3.8, 4) is 0 Å². The van der Waals surface area contributed by atoms with Gasteiger partial charge in [-0.25, -0.2) is 4.79 Å². The van der Waals surface area contributed by atoms with Gasteiger partial charge in [0.25, 0.3) is 0 Å². The molecule has 0 fully saturated rings. The summed E-state index contributed by atoms with van der Waals surface area (Å²) in [5, 5.41) is 9.99. The molecule has 0 aliphatic heterocycles. The van der Waals surface area contributed by atoms with Gasteiger partial charge in [-0.05, 0) is 45.8 Å². The van der Waals surface area contributed by atoms with Crippen LogP contribution in [0.2, 0.25) is 0 Å². The van der Waals surface area contributed by atoms with Gasteiger partial charge in [0, 0.05) is 13.6 Å². The number of halogens is 1. The quantitative estimate of drug-likeness (QED) is 0.928. The van der Waals surface area contributed by atoms with Crippen LogP contribution >= 0.6 is 27.3 Å². The molecule has 0 radical (unpaired) electrons. The molecule has 2 aromatic rings. The Balaban J connectivity index is 2.07. The van der Waals surface area contributed by atoms with Crippen LogP contribution in [0.3, 0.4) is 0 Å². The predicted molar refractivity (Wildman–Crippen MR) is 77.5 cm³/mol. The maximum absolute atomic E-state index is 10.7. The van der Waals surface area contributed by atoms with E-state index in [0.717, 1.165) is 15.9 Å². The van der Waals surface area contributed by atoms with Gasteiger partial charge >= 0.3 is 5.97 Å². The lowest BCUT2D eigenvalue weighted by atomic mass is 10.1. The summed E-state index contributed by atoms with van der Waals surface area (Å²) >= 11 is 5.11. The molecule has 0 spiro atoms. The van der Waals surface area contributed by atoms with Crippen LogP contribution in [0.5, 0.6) is 0 Å². The van der Waals surface area contributed by atoms with Crippen LogP contribution in [0.25, 0.3) is 0 Å². The monoisotopic (exact) mass is 325 g/mol. The van der Waals surface area contributed by atoms with Crippen molar-refractivity contribution in [2.24, 2.45) is 0 Å². The van der Waals surface area contributed by atoms with Gasteiger partial charge < -0.3 is 10.0 Å². The number of aromatic carboxylic acids is 1. The fourth-order valence-corrected chi connectivity index (χ4v) is 2.94. The van der Waals surface area contributed by atoms with E-state index in [2.05, 4.69) is 26.9 Å². The molecule has 0 saturated carbocycles. The third-order valence-electron chi connectivity index (χ3n) is 2.56. The molecule has 0 aliphatic carbocycles. The number of benzene rings is 1. The van der Waals surface area contributed by atoms with Gasteiger partial charge in [-0.15, -0.1) is 11.3 Å². The summed E-state index contributed by atoms with van der Waals surface area (Å²) in [6, 6.07) is 11.0. The van der Waals surface area contributed by atoms with Crippen molar-refractivity contribution in [3.63, 3.8) is 0 Å². The Bertz CT molecular complexity index is 550. The molecule has 1 aromatic carbocycles. The number of hydrogen-bond acceptors (Lipinski definition) is 3. The third-order valence-corrected chi connectivity index (χ3v) is 4.29. The Labute approximate surface area is 118 Å². The van der Waals surface area contributed by atoms with E-state index >= 15 is 0 Å². The van der Waals surface area contributed by atoms with Crippen molar-refractivity contribution in [2.75, 3.05) is 11.9 Å². The standard InChI is InChI=1S/C13H12BrNO2S/c1-15(12-7-6-11(14)18-12)8-9-2-4-10(5-3-9)13(16)17/h2-7H,8H2,1H3,(H,16,17). The summed E-state index contributed by atoms with van der Waals surface area (Å²) in [5.41, 5.74) is 1.41. The average Bonchev–Trinajstić information content (AvgIpc) is 2.76. The van der Waals surface area contributed by atoms with E-state index < -0.39 is 5.97 Å². The molecule has 0 atom stereocenters. The first-order chi connectivity index (χ1) is 8.56. The molecule has 94 valence electrons. The van der Waals surface area contributed by atoms with E-state index in [1.807, 2.05) is 25.2 Å². The lowest BCUT2D eigenvalue weighted by Gasteiger charge is -2.17. The second-order valence-electron chi connectivity index (χ2n) is 3.94. The van der Waals surface area contributed by atoms with E-state index in [9.17, 15) is 4.79 Å². The minimum atomic E-state index is -0.892. The molecule has 1 heterocycles. The van der Waals surface area contributed by atoms with Crippen molar-refractivity contribution in [1.29, 1.82) is 0 Å².